The molecule has 0 aliphatic rings. The topological polar surface area (TPSA) is 66.0 Å². The number of nitrogens with two attached hydrogens (primary N) is 1. The van der Waals surface area contributed by atoms with E-state index >= 15 is 0 Å². The van der Waals surface area contributed by atoms with Crippen LogP contribution in [0.3, 0.4) is 0 Å². The standard InChI is InChI=1S/C12H20N4/c1-8(2)7-16(4)11-6-10(12(13)14)5-9(3)15-11/h5-6,8H,7H2,1-4H3,(H3,13,14). The van der Waals surface area contributed by atoms with Crippen LogP contribution in [-0.2, 0) is 0 Å². The third-order valence-electron chi connectivity index (χ3n) is 2.28. The zero-order chi connectivity index (χ0) is 12.3. The summed E-state index contributed by atoms with van der Waals surface area (Å²) < 4.78 is 0. The molecule has 4 nitrogen and oxygen atoms in total. The van der Waals surface area contributed by atoms with Gasteiger partial charge in [0.25, 0.3) is 0 Å². The van der Waals surface area contributed by atoms with Gasteiger partial charge >= 0.3 is 0 Å². The molecule has 88 valence electrons. The number of nitrogens with zero attached hydrogens (tertiary/aromatic N) is 2. The second-order valence-corrected chi connectivity index (χ2v) is 4.54. The molecule has 0 bridgehead atoms. The molecule has 1 aromatic heterocycles. The summed E-state index contributed by atoms with van der Waals surface area (Å²) in [5.74, 6) is 1.54. The normalized spacial score (nSPS) is 10.6. The Morgan fingerprint density at radius 2 is 2.12 bits per heavy atom. The number of anilines is 1. The largest absolute Gasteiger partial charge is 0.384 e. The molecule has 0 aliphatic carbocycles. The molecule has 1 heterocycles. The fraction of sp³-hybridized carbons (Fsp3) is 0.500. The van der Waals surface area contributed by atoms with Crippen LogP contribution >= 0.6 is 0 Å². The fourth-order valence-electron chi connectivity index (χ4n) is 1.64. The maximum atomic E-state index is 7.44. The molecule has 0 unspecified atom stereocenters. The third-order valence-corrected chi connectivity index (χ3v) is 2.28. The average Bonchev–Trinajstić information content (AvgIpc) is 2.15. The molecule has 0 amide bonds. The summed E-state index contributed by atoms with van der Waals surface area (Å²) in [7, 11) is 2.01. The number of aromatic nitrogens is 1. The highest BCUT2D eigenvalue weighted by atomic mass is 15.2. The first-order valence-corrected chi connectivity index (χ1v) is 5.44. The summed E-state index contributed by atoms with van der Waals surface area (Å²) >= 11 is 0. The first-order chi connectivity index (χ1) is 7.40. The first-order valence-electron chi connectivity index (χ1n) is 5.44. The van der Waals surface area contributed by atoms with Crippen molar-refractivity contribution in [2.45, 2.75) is 20.8 Å². The van der Waals surface area contributed by atoms with E-state index in [0.717, 1.165) is 23.6 Å². The van der Waals surface area contributed by atoms with Crippen LogP contribution in [-0.4, -0.2) is 24.4 Å². The molecular weight excluding hydrogens is 200 g/mol. The van der Waals surface area contributed by atoms with E-state index in [2.05, 4.69) is 23.7 Å². The van der Waals surface area contributed by atoms with Gasteiger partial charge in [-0.2, -0.15) is 0 Å². The predicted octanol–water partition coefficient (Wildman–Crippen LogP) is 1.77. The fourth-order valence-corrected chi connectivity index (χ4v) is 1.64. The predicted molar refractivity (Wildman–Crippen MR) is 68.1 cm³/mol. The highest BCUT2D eigenvalue weighted by molar-refractivity contribution is 5.95. The lowest BCUT2D eigenvalue weighted by Crippen LogP contribution is -2.24. The Morgan fingerprint density at radius 3 is 2.62 bits per heavy atom. The first kappa shape index (κ1) is 12.5. The number of aryl methyl sites for hydroxylation is 1. The van der Waals surface area contributed by atoms with Crippen molar-refractivity contribution in [3.05, 3.63) is 23.4 Å². The molecule has 0 fully saturated rings. The highest BCUT2D eigenvalue weighted by Gasteiger charge is 2.08. The van der Waals surface area contributed by atoms with Crippen molar-refractivity contribution in [1.82, 2.24) is 4.98 Å². The van der Waals surface area contributed by atoms with Gasteiger partial charge in [0.2, 0.25) is 0 Å². The van der Waals surface area contributed by atoms with E-state index in [1.54, 1.807) is 0 Å². The summed E-state index contributed by atoms with van der Waals surface area (Å²) in [6, 6.07) is 3.69. The molecule has 0 saturated carbocycles. The van der Waals surface area contributed by atoms with Crippen molar-refractivity contribution in [2.75, 3.05) is 18.5 Å². The van der Waals surface area contributed by atoms with Crippen LogP contribution in [0.4, 0.5) is 5.82 Å². The van der Waals surface area contributed by atoms with E-state index in [-0.39, 0.29) is 5.84 Å². The Kier molecular flexibility index (Phi) is 3.88. The highest BCUT2D eigenvalue weighted by Crippen LogP contribution is 2.14. The summed E-state index contributed by atoms with van der Waals surface area (Å²) in [5, 5.41) is 7.44. The Bertz CT molecular complexity index is 385. The van der Waals surface area contributed by atoms with Gasteiger partial charge in [-0.05, 0) is 25.0 Å². The zero-order valence-electron chi connectivity index (χ0n) is 10.4. The number of nitrogens with one attached hydrogen (secondary N) is 1. The van der Waals surface area contributed by atoms with Crippen LogP contribution in [0.15, 0.2) is 12.1 Å². The molecule has 0 spiro atoms. The van der Waals surface area contributed by atoms with Crippen molar-refractivity contribution in [3.63, 3.8) is 0 Å². The number of pyridine rings is 1. The smallest absolute Gasteiger partial charge is 0.129 e. The van der Waals surface area contributed by atoms with Gasteiger partial charge in [0.05, 0.1) is 0 Å². The van der Waals surface area contributed by atoms with Crippen molar-refractivity contribution >= 4 is 11.7 Å². The van der Waals surface area contributed by atoms with Gasteiger partial charge in [0.15, 0.2) is 0 Å². The van der Waals surface area contributed by atoms with Crippen molar-refractivity contribution in [1.29, 1.82) is 5.41 Å². The van der Waals surface area contributed by atoms with Gasteiger partial charge in [-0.25, -0.2) is 4.98 Å². The summed E-state index contributed by atoms with van der Waals surface area (Å²) in [5.41, 5.74) is 7.11. The van der Waals surface area contributed by atoms with E-state index in [9.17, 15) is 0 Å². The lowest BCUT2D eigenvalue weighted by molar-refractivity contribution is 0.634. The summed E-state index contributed by atoms with van der Waals surface area (Å²) in [6.45, 7) is 7.18. The number of nitrogen functional groups attached to an aromatic ring is 1. The number of rotatable bonds is 4. The van der Waals surface area contributed by atoms with Gasteiger partial charge in [-0.15, -0.1) is 0 Å². The third kappa shape index (κ3) is 3.22. The molecule has 3 N–H and O–H groups in total. The van der Waals surface area contributed by atoms with E-state index in [0.29, 0.717) is 5.92 Å². The van der Waals surface area contributed by atoms with Crippen LogP contribution in [0.25, 0.3) is 0 Å². The average molecular weight is 220 g/mol. The Labute approximate surface area is 97.0 Å². The number of hydrogen-bond donors (Lipinski definition) is 2. The Hall–Kier alpha value is -1.58. The lowest BCUT2D eigenvalue weighted by Gasteiger charge is -2.21. The second kappa shape index (κ2) is 4.96. The van der Waals surface area contributed by atoms with Gasteiger partial charge in [-0.3, -0.25) is 5.41 Å². The van der Waals surface area contributed by atoms with E-state index < -0.39 is 0 Å². The van der Waals surface area contributed by atoms with E-state index in [4.69, 9.17) is 11.1 Å². The lowest BCUT2D eigenvalue weighted by atomic mass is 10.2. The monoisotopic (exact) mass is 220 g/mol. The maximum absolute atomic E-state index is 7.44. The summed E-state index contributed by atoms with van der Waals surface area (Å²) in [6.07, 6.45) is 0. The van der Waals surface area contributed by atoms with Crippen LogP contribution in [0.2, 0.25) is 0 Å². The Morgan fingerprint density at radius 1 is 1.50 bits per heavy atom. The van der Waals surface area contributed by atoms with Gasteiger partial charge in [-0.1, -0.05) is 13.8 Å². The number of amidine groups is 1. The van der Waals surface area contributed by atoms with Crippen LogP contribution in [0, 0.1) is 18.3 Å². The van der Waals surface area contributed by atoms with Crippen LogP contribution in [0.5, 0.6) is 0 Å². The molecule has 0 saturated heterocycles. The SMILES string of the molecule is Cc1cc(C(=N)N)cc(N(C)CC(C)C)n1. The van der Waals surface area contributed by atoms with Crippen molar-refractivity contribution < 1.29 is 0 Å². The Balaban J connectivity index is 3.00. The van der Waals surface area contributed by atoms with Crippen molar-refractivity contribution in [2.24, 2.45) is 11.7 Å². The quantitative estimate of drug-likeness (QED) is 0.600. The van der Waals surface area contributed by atoms with Gasteiger partial charge < -0.3 is 10.6 Å². The van der Waals surface area contributed by atoms with Gasteiger partial charge in [0, 0.05) is 24.8 Å². The van der Waals surface area contributed by atoms with E-state index in [1.165, 1.54) is 0 Å². The number of hydrogen-bond acceptors (Lipinski definition) is 3. The van der Waals surface area contributed by atoms with Crippen molar-refractivity contribution in [3.8, 4) is 0 Å². The molecular formula is C12H20N4. The van der Waals surface area contributed by atoms with E-state index in [1.807, 2.05) is 26.1 Å². The van der Waals surface area contributed by atoms with Crippen LogP contribution in [0.1, 0.15) is 25.1 Å². The molecule has 0 atom stereocenters. The zero-order valence-corrected chi connectivity index (χ0v) is 10.4. The maximum Gasteiger partial charge on any atom is 0.129 e. The second-order valence-electron chi connectivity index (χ2n) is 4.54. The molecule has 4 heteroatoms. The summed E-state index contributed by atoms with van der Waals surface area (Å²) in [4.78, 5) is 6.53. The molecule has 1 rings (SSSR count). The molecule has 0 aromatic carbocycles. The minimum Gasteiger partial charge on any atom is -0.384 e. The van der Waals surface area contributed by atoms with Gasteiger partial charge in [0.1, 0.15) is 11.7 Å². The molecule has 0 aliphatic heterocycles. The molecule has 1 aromatic rings. The minimum absolute atomic E-state index is 0.0877. The molecule has 16 heavy (non-hydrogen) atoms. The molecule has 0 radical (unpaired) electrons. The van der Waals surface area contributed by atoms with Crippen LogP contribution < -0.4 is 10.6 Å². The minimum atomic E-state index is 0.0877.